The molecule has 21 heavy (non-hydrogen) atoms. The molecule has 0 aromatic heterocycles. The molecular weight excluding hydrogens is 290 g/mol. The molecular formula is C14H17F4NO2. The van der Waals surface area contributed by atoms with Crippen molar-refractivity contribution in [2.24, 2.45) is 0 Å². The van der Waals surface area contributed by atoms with Crippen molar-refractivity contribution in [2.75, 3.05) is 13.2 Å². The van der Waals surface area contributed by atoms with Gasteiger partial charge < -0.3 is 10.0 Å². The van der Waals surface area contributed by atoms with Crippen molar-refractivity contribution >= 4 is 5.91 Å². The smallest absolute Gasteiger partial charge is 0.396 e. The average molecular weight is 307 g/mol. The maximum Gasteiger partial charge on any atom is 0.419 e. The molecule has 0 aliphatic carbocycles. The first-order valence-corrected chi connectivity index (χ1v) is 6.47. The van der Waals surface area contributed by atoms with E-state index in [-0.39, 0.29) is 24.8 Å². The minimum atomic E-state index is -4.85. The molecule has 0 radical (unpaired) electrons. The minimum absolute atomic E-state index is 0.131. The Labute approximate surface area is 120 Å². The number of benzene rings is 1. The Morgan fingerprint density at radius 1 is 1.33 bits per heavy atom. The van der Waals surface area contributed by atoms with Crippen molar-refractivity contribution in [1.29, 1.82) is 0 Å². The van der Waals surface area contributed by atoms with Gasteiger partial charge >= 0.3 is 6.18 Å². The van der Waals surface area contributed by atoms with E-state index in [0.29, 0.717) is 18.6 Å². The Morgan fingerprint density at radius 3 is 2.43 bits per heavy atom. The highest BCUT2D eigenvalue weighted by atomic mass is 19.4. The lowest BCUT2D eigenvalue weighted by Gasteiger charge is -2.27. The van der Waals surface area contributed by atoms with E-state index >= 15 is 0 Å². The Balaban J connectivity index is 3.11. The van der Waals surface area contributed by atoms with E-state index in [9.17, 15) is 22.4 Å². The van der Waals surface area contributed by atoms with Crippen LogP contribution in [0.4, 0.5) is 17.6 Å². The SMILES string of the molecule is CC(C)N(CCCO)C(=O)c1ccc(F)c(C(F)(F)F)c1. The van der Waals surface area contributed by atoms with Crippen LogP contribution in [0.5, 0.6) is 0 Å². The predicted molar refractivity (Wildman–Crippen MR) is 69.3 cm³/mol. The zero-order chi connectivity index (χ0) is 16.2. The number of nitrogens with zero attached hydrogens (tertiary/aromatic N) is 1. The zero-order valence-electron chi connectivity index (χ0n) is 11.7. The number of alkyl halides is 3. The van der Waals surface area contributed by atoms with Crippen LogP contribution in [0.2, 0.25) is 0 Å². The van der Waals surface area contributed by atoms with Crippen LogP contribution < -0.4 is 0 Å². The molecule has 0 saturated heterocycles. The first-order valence-electron chi connectivity index (χ1n) is 6.47. The van der Waals surface area contributed by atoms with E-state index in [0.717, 1.165) is 6.07 Å². The van der Waals surface area contributed by atoms with E-state index in [2.05, 4.69) is 0 Å². The lowest BCUT2D eigenvalue weighted by Crippen LogP contribution is -2.38. The molecule has 0 heterocycles. The van der Waals surface area contributed by atoms with Gasteiger partial charge in [-0.25, -0.2) is 4.39 Å². The van der Waals surface area contributed by atoms with Gasteiger partial charge in [-0.2, -0.15) is 13.2 Å². The van der Waals surface area contributed by atoms with E-state index in [1.165, 1.54) is 4.90 Å². The second-order valence-electron chi connectivity index (χ2n) is 4.86. The Kier molecular flexibility index (Phi) is 5.71. The Morgan fingerprint density at radius 2 is 1.95 bits per heavy atom. The van der Waals surface area contributed by atoms with E-state index in [1.807, 2.05) is 0 Å². The van der Waals surface area contributed by atoms with Crippen LogP contribution >= 0.6 is 0 Å². The van der Waals surface area contributed by atoms with Crippen molar-refractivity contribution in [2.45, 2.75) is 32.5 Å². The highest BCUT2D eigenvalue weighted by molar-refractivity contribution is 5.94. The number of halogens is 4. The summed E-state index contributed by atoms with van der Waals surface area (Å²) in [4.78, 5) is 13.6. The summed E-state index contributed by atoms with van der Waals surface area (Å²) in [5, 5.41) is 8.80. The maximum absolute atomic E-state index is 13.2. The number of carbonyl (C=O) groups is 1. The normalized spacial score (nSPS) is 11.8. The third kappa shape index (κ3) is 4.42. The third-order valence-corrected chi connectivity index (χ3v) is 2.96. The summed E-state index contributed by atoms with van der Waals surface area (Å²) in [6, 6.07) is 1.94. The molecule has 1 aromatic carbocycles. The van der Waals surface area contributed by atoms with Crippen LogP contribution in [0.25, 0.3) is 0 Å². The third-order valence-electron chi connectivity index (χ3n) is 2.96. The van der Waals surface area contributed by atoms with Gasteiger partial charge in [-0.3, -0.25) is 4.79 Å². The number of aliphatic hydroxyl groups excluding tert-OH is 1. The van der Waals surface area contributed by atoms with Crippen LogP contribution in [0.3, 0.4) is 0 Å². The highest BCUT2D eigenvalue weighted by Gasteiger charge is 2.35. The highest BCUT2D eigenvalue weighted by Crippen LogP contribution is 2.32. The van der Waals surface area contributed by atoms with Crippen LogP contribution in [0.15, 0.2) is 18.2 Å². The van der Waals surface area contributed by atoms with E-state index < -0.39 is 23.5 Å². The Bertz CT molecular complexity index is 500. The number of aliphatic hydroxyl groups is 1. The summed E-state index contributed by atoms with van der Waals surface area (Å²) < 4.78 is 51.2. The average Bonchev–Trinajstić information content (AvgIpc) is 2.37. The van der Waals surface area contributed by atoms with Gasteiger partial charge in [0.25, 0.3) is 5.91 Å². The fourth-order valence-corrected chi connectivity index (χ4v) is 1.88. The number of carbonyl (C=O) groups excluding carboxylic acids is 1. The molecule has 3 nitrogen and oxygen atoms in total. The van der Waals surface area contributed by atoms with Crippen molar-refractivity contribution in [3.05, 3.63) is 35.1 Å². The van der Waals surface area contributed by atoms with Crippen LogP contribution in [-0.4, -0.2) is 35.1 Å². The molecule has 0 fully saturated rings. The molecule has 0 spiro atoms. The molecule has 1 aromatic rings. The first-order chi connectivity index (χ1) is 9.68. The first kappa shape index (κ1) is 17.4. The maximum atomic E-state index is 13.2. The van der Waals surface area contributed by atoms with Gasteiger partial charge in [-0.15, -0.1) is 0 Å². The largest absolute Gasteiger partial charge is 0.419 e. The van der Waals surface area contributed by atoms with Crippen molar-refractivity contribution in [3.63, 3.8) is 0 Å². The van der Waals surface area contributed by atoms with Gasteiger partial charge in [-0.1, -0.05) is 0 Å². The van der Waals surface area contributed by atoms with Crippen LogP contribution in [0, 0.1) is 5.82 Å². The van der Waals surface area contributed by atoms with Crippen LogP contribution in [0.1, 0.15) is 36.2 Å². The molecule has 1 N–H and O–H groups in total. The van der Waals surface area contributed by atoms with Gasteiger partial charge in [-0.05, 0) is 38.5 Å². The topological polar surface area (TPSA) is 40.5 Å². The van der Waals surface area contributed by atoms with Gasteiger partial charge in [0.05, 0.1) is 5.56 Å². The summed E-state index contributed by atoms with van der Waals surface area (Å²) >= 11 is 0. The molecule has 0 unspecified atom stereocenters. The summed E-state index contributed by atoms with van der Waals surface area (Å²) in [5.41, 5.74) is -1.69. The summed E-state index contributed by atoms with van der Waals surface area (Å²) in [6.45, 7) is 3.51. The summed E-state index contributed by atoms with van der Waals surface area (Å²) in [5.74, 6) is -2.03. The second-order valence-corrected chi connectivity index (χ2v) is 4.86. The lowest BCUT2D eigenvalue weighted by molar-refractivity contribution is -0.140. The molecule has 0 aliphatic rings. The molecule has 1 amide bonds. The molecule has 118 valence electrons. The monoisotopic (exact) mass is 307 g/mol. The molecule has 7 heteroatoms. The number of hydrogen-bond acceptors (Lipinski definition) is 2. The Hall–Kier alpha value is -1.63. The van der Waals surface area contributed by atoms with E-state index in [1.54, 1.807) is 13.8 Å². The van der Waals surface area contributed by atoms with Gasteiger partial charge in [0.2, 0.25) is 0 Å². The fourth-order valence-electron chi connectivity index (χ4n) is 1.88. The van der Waals surface area contributed by atoms with Crippen LogP contribution in [-0.2, 0) is 6.18 Å². The fraction of sp³-hybridized carbons (Fsp3) is 0.500. The number of hydrogen-bond donors (Lipinski definition) is 1. The van der Waals surface area contributed by atoms with Gasteiger partial charge in [0.15, 0.2) is 0 Å². The lowest BCUT2D eigenvalue weighted by atomic mass is 10.1. The minimum Gasteiger partial charge on any atom is -0.396 e. The zero-order valence-corrected chi connectivity index (χ0v) is 11.7. The van der Waals surface area contributed by atoms with Crippen molar-refractivity contribution < 1.29 is 27.5 Å². The standard InChI is InChI=1S/C14H17F4NO2/c1-9(2)19(6-3-7-20)13(21)10-4-5-12(15)11(8-10)14(16,17)18/h4-5,8-9,20H,3,6-7H2,1-2H3. The molecule has 1 rings (SSSR count). The molecule has 0 aliphatic heterocycles. The predicted octanol–water partition coefficient (Wildman–Crippen LogP) is 3.08. The van der Waals surface area contributed by atoms with E-state index in [4.69, 9.17) is 5.11 Å². The summed E-state index contributed by atoms with van der Waals surface area (Å²) in [7, 11) is 0. The van der Waals surface area contributed by atoms with Gasteiger partial charge in [0.1, 0.15) is 5.82 Å². The summed E-state index contributed by atoms with van der Waals surface area (Å²) in [6.07, 6.45) is -4.54. The molecule has 0 bridgehead atoms. The van der Waals surface area contributed by atoms with Gasteiger partial charge in [0, 0.05) is 24.8 Å². The van der Waals surface area contributed by atoms with Crippen molar-refractivity contribution in [1.82, 2.24) is 4.90 Å². The number of rotatable bonds is 5. The second kappa shape index (κ2) is 6.89. The number of amides is 1. The molecule has 0 atom stereocenters. The molecule has 0 saturated carbocycles. The quantitative estimate of drug-likeness (QED) is 0.849. The van der Waals surface area contributed by atoms with Crippen molar-refractivity contribution in [3.8, 4) is 0 Å².